The second kappa shape index (κ2) is 7.08. The summed E-state index contributed by atoms with van der Waals surface area (Å²) in [6.45, 7) is 2.44. The van der Waals surface area contributed by atoms with Crippen LogP contribution in [0.25, 0.3) is 0 Å². The van der Waals surface area contributed by atoms with E-state index < -0.39 is 10.0 Å². The summed E-state index contributed by atoms with van der Waals surface area (Å²) in [5.74, 6) is 0.488. The molecule has 0 aliphatic carbocycles. The first-order valence-electron chi connectivity index (χ1n) is 5.54. The first-order chi connectivity index (χ1) is 8.51. The fourth-order valence-electron chi connectivity index (χ4n) is 1.29. The molecule has 0 radical (unpaired) electrons. The van der Waals surface area contributed by atoms with Crippen LogP contribution in [0.2, 0.25) is 0 Å². The first-order valence-corrected chi connectivity index (χ1v) is 7.81. The molecule has 0 atom stereocenters. The summed E-state index contributed by atoms with van der Waals surface area (Å²) in [5.41, 5.74) is 0. The molecule has 0 aliphatic heterocycles. The van der Waals surface area contributed by atoms with Crippen LogP contribution in [0.4, 0.5) is 0 Å². The quantitative estimate of drug-likeness (QED) is 0.739. The lowest BCUT2D eigenvalue weighted by molar-refractivity contribution is 0.289. The highest BCUT2D eigenvalue weighted by Gasteiger charge is 2.15. The zero-order valence-electron chi connectivity index (χ0n) is 10.0. The van der Waals surface area contributed by atoms with Gasteiger partial charge in [-0.1, -0.05) is 0 Å². The van der Waals surface area contributed by atoms with Crippen molar-refractivity contribution >= 4 is 26.0 Å². The van der Waals surface area contributed by atoms with Gasteiger partial charge in [0.2, 0.25) is 10.0 Å². The number of aliphatic hydroxyl groups excluding tert-OH is 1. The van der Waals surface area contributed by atoms with E-state index in [1.807, 2.05) is 6.92 Å². The Balaban J connectivity index is 2.91. The van der Waals surface area contributed by atoms with Gasteiger partial charge in [-0.15, -0.1) is 0 Å². The summed E-state index contributed by atoms with van der Waals surface area (Å²) in [7, 11) is -3.55. The van der Waals surface area contributed by atoms with Crippen LogP contribution >= 0.6 is 15.9 Å². The van der Waals surface area contributed by atoms with Crippen LogP contribution in [-0.4, -0.2) is 33.3 Å². The first kappa shape index (κ1) is 15.4. The van der Waals surface area contributed by atoms with Gasteiger partial charge in [0.05, 0.1) is 16.0 Å². The van der Waals surface area contributed by atoms with Gasteiger partial charge in [-0.2, -0.15) is 0 Å². The molecule has 7 heteroatoms. The van der Waals surface area contributed by atoms with Crippen LogP contribution in [0.1, 0.15) is 13.3 Å². The molecule has 0 aromatic heterocycles. The highest BCUT2D eigenvalue weighted by atomic mass is 79.9. The van der Waals surface area contributed by atoms with Gasteiger partial charge >= 0.3 is 0 Å². The van der Waals surface area contributed by atoms with E-state index >= 15 is 0 Å². The molecule has 0 spiro atoms. The van der Waals surface area contributed by atoms with Crippen molar-refractivity contribution in [3.63, 3.8) is 0 Å². The Morgan fingerprint density at radius 3 is 2.78 bits per heavy atom. The van der Waals surface area contributed by atoms with Crippen molar-refractivity contribution < 1.29 is 18.3 Å². The Morgan fingerprint density at radius 2 is 2.17 bits per heavy atom. The molecule has 2 N–H and O–H groups in total. The number of ether oxygens (including phenoxy) is 1. The maximum Gasteiger partial charge on any atom is 0.240 e. The minimum absolute atomic E-state index is 0.0486. The number of sulfonamides is 1. The number of benzene rings is 1. The Labute approximate surface area is 115 Å². The summed E-state index contributed by atoms with van der Waals surface area (Å²) < 4.78 is 32.3. The lowest BCUT2D eigenvalue weighted by Gasteiger charge is -2.10. The third-order valence-corrected chi connectivity index (χ3v) is 4.25. The second-order valence-electron chi connectivity index (χ2n) is 3.50. The predicted molar refractivity (Wildman–Crippen MR) is 72.2 cm³/mol. The van der Waals surface area contributed by atoms with Crippen LogP contribution < -0.4 is 9.46 Å². The molecular weight excluding hydrogens is 322 g/mol. The van der Waals surface area contributed by atoms with Crippen molar-refractivity contribution in [2.45, 2.75) is 18.2 Å². The van der Waals surface area contributed by atoms with Crippen molar-refractivity contribution in [3.8, 4) is 5.75 Å². The van der Waals surface area contributed by atoms with Gasteiger partial charge in [0.25, 0.3) is 0 Å². The van der Waals surface area contributed by atoms with E-state index in [9.17, 15) is 8.42 Å². The Morgan fingerprint density at radius 1 is 1.44 bits per heavy atom. The average Bonchev–Trinajstić information content (AvgIpc) is 2.32. The smallest absolute Gasteiger partial charge is 0.240 e. The van der Waals surface area contributed by atoms with E-state index in [0.29, 0.717) is 23.2 Å². The van der Waals surface area contributed by atoms with Crippen LogP contribution in [-0.2, 0) is 10.0 Å². The minimum atomic E-state index is -3.55. The molecule has 102 valence electrons. The van der Waals surface area contributed by atoms with Crippen molar-refractivity contribution in [2.24, 2.45) is 0 Å². The van der Waals surface area contributed by atoms with E-state index in [1.54, 1.807) is 6.07 Å². The zero-order valence-corrected chi connectivity index (χ0v) is 12.4. The molecule has 0 heterocycles. The summed E-state index contributed by atoms with van der Waals surface area (Å²) in [4.78, 5) is 0.145. The summed E-state index contributed by atoms with van der Waals surface area (Å²) in [6, 6.07) is 4.59. The van der Waals surface area contributed by atoms with E-state index in [0.717, 1.165) is 0 Å². The third-order valence-electron chi connectivity index (χ3n) is 2.14. The fraction of sp³-hybridized carbons (Fsp3) is 0.455. The van der Waals surface area contributed by atoms with Gasteiger partial charge in [0, 0.05) is 19.2 Å². The molecule has 18 heavy (non-hydrogen) atoms. The van der Waals surface area contributed by atoms with E-state index in [2.05, 4.69) is 20.7 Å². The molecule has 1 rings (SSSR count). The van der Waals surface area contributed by atoms with Crippen molar-refractivity contribution in [2.75, 3.05) is 19.8 Å². The normalized spacial score (nSPS) is 11.5. The summed E-state index contributed by atoms with van der Waals surface area (Å²) in [5, 5.41) is 8.62. The van der Waals surface area contributed by atoms with Crippen LogP contribution in [0.15, 0.2) is 27.6 Å². The van der Waals surface area contributed by atoms with Crippen LogP contribution in [0.3, 0.4) is 0 Å². The molecule has 0 bridgehead atoms. The van der Waals surface area contributed by atoms with Crippen LogP contribution in [0, 0.1) is 0 Å². The van der Waals surface area contributed by atoms with Gasteiger partial charge in [-0.25, -0.2) is 13.1 Å². The van der Waals surface area contributed by atoms with Crippen molar-refractivity contribution in [1.29, 1.82) is 0 Å². The molecule has 0 unspecified atom stereocenters. The zero-order chi connectivity index (χ0) is 13.6. The highest BCUT2D eigenvalue weighted by molar-refractivity contribution is 9.10. The molecule has 0 aliphatic rings. The maximum atomic E-state index is 11.9. The lowest BCUT2D eigenvalue weighted by atomic mass is 10.3. The lowest BCUT2D eigenvalue weighted by Crippen LogP contribution is -2.25. The molecule has 1 aromatic carbocycles. The summed E-state index contributed by atoms with van der Waals surface area (Å²) >= 11 is 3.29. The van der Waals surface area contributed by atoms with E-state index in [4.69, 9.17) is 9.84 Å². The fourth-order valence-corrected chi connectivity index (χ4v) is 2.74. The highest BCUT2D eigenvalue weighted by Crippen LogP contribution is 2.27. The number of hydrogen-bond donors (Lipinski definition) is 2. The maximum absolute atomic E-state index is 11.9. The predicted octanol–water partition coefficient (Wildman–Crippen LogP) is 1.51. The molecule has 1 aromatic rings. The SMILES string of the molecule is CCOc1cc(S(=O)(=O)NCCCO)ccc1Br. The number of halogens is 1. The third kappa shape index (κ3) is 4.24. The van der Waals surface area contributed by atoms with Gasteiger partial charge in [0.1, 0.15) is 5.75 Å². The number of hydrogen-bond acceptors (Lipinski definition) is 4. The van der Waals surface area contributed by atoms with E-state index in [1.165, 1.54) is 12.1 Å². The Bertz CT molecular complexity index is 490. The average molecular weight is 338 g/mol. The Kier molecular flexibility index (Phi) is 6.07. The van der Waals surface area contributed by atoms with Crippen LogP contribution in [0.5, 0.6) is 5.75 Å². The van der Waals surface area contributed by atoms with Gasteiger partial charge in [-0.05, 0) is 41.4 Å². The standard InChI is InChI=1S/C11H16BrNO4S/c1-2-17-11-8-9(4-5-10(11)12)18(15,16)13-6-3-7-14/h4-5,8,13-14H,2-3,6-7H2,1H3. The van der Waals surface area contributed by atoms with Crippen molar-refractivity contribution in [3.05, 3.63) is 22.7 Å². The second-order valence-corrected chi connectivity index (χ2v) is 6.12. The molecule has 0 saturated heterocycles. The van der Waals surface area contributed by atoms with Gasteiger partial charge in [0.15, 0.2) is 0 Å². The van der Waals surface area contributed by atoms with Gasteiger partial charge in [-0.3, -0.25) is 0 Å². The molecule has 5 nitrogen and oxygen atoms in total. The molecular formula is C11H16BrNO4S. The number of aliphatic hydroxyl groups is 1. The molecule has 0 saturated carbocycles. The summed E-state index contributed by atoms with van der Waals surface area (Å²) in [6.07, 6.45) is 0.383. The van der Waals surface area contributed by atoms with Crippen molar-refractivity contribution in [1.82, 2.24) is 4.72 Å². The van der Waals surface area contributed by atoms with E-state index in [-0.39, 0.29) is 18.0 Å². The Hall–Kier alpha value is -0.630. The monoisotopic (exact) mass is 337 g/mol. The molecule has 0 fully saturated rings. The number of nitrogens with one attached hydrogen (secondary N) is 1. The topological polar surface area (TPSA) is 75.6 Å². The minimum Gasteiger partial charge on any atom is -0.493 e. The number of rotatable bonds is 7. The largest absolute Gasteiger partial charge is 0.493 e. The van der Waals surface area contributed by atoms with Gasteiger partial charge < -0.3 is 9.84 Å². The molecule has 0 amide bonds.